The van der Waals surface area contributed by atoms with E-state index in [9.17, 15) is 13.2 Å². The number of hydrogen-bond donors (Lipinski definition) is 0. The van der Waals surface area contributed by atoms with Crippen LogP contribution in [0.3, 0.4) is 0 Å². The zero-order valence-electron chi connectivity index (χ0n) is 15.8. The van der Waals surface area contributed by atoms with Crippen LogP contribution < -0.4 is 0 Å². The van der Waals surface area contributed by atoms with Crippen molar-refractivity contribution in [1.82, 2.24) is 9.21 Å². The molecule has 2 aliphatic rings. The summed E-state index contributed by atoms with van der Waals surface area (Å²) in [6.45, 7) is 7.81. The summed E-state index contributed by atoms with van der Waals surface area (Å²) in [5.74, 6) is -0.137. The Morgan fingerprint density at radius 1 is 1.08 bits per heavy atom. The van der Waals surface area contributed by atoms with Crippen LogP contribution in [0.1, 0.15) is 49.0 Å². The summed E-state index contributed by atoms with van der Waals surface area (Å²) in [6.07, 6.45) is 2.80. The van der Waals surface area contributed by atoms with Gasteiger partial charge in [-0.2, -0.15) is 4.31 Å². The number of benzene rings is 1. The smallest absolute Gasteiger partial charge is 0.254 e. The van der Waals surface area contributed by atoms with Gasteiger partial charge in [0.25, 0.3) is 5.91 Å². The first kappa shape index (κ1) is 19.3. The first-order valence-electron chi connectivity index (χ1n) is 9.34. The highest BCUT2D eigenvalue weighted by Gasteiger charge is 2.30. The van der Waals surface area contributed by atoms with Crippen molar-refractivity contribution in [3.05, 3.63) is 29.3 Å². The third-order valence-electron chi connectivity index (χ3n) is 5.07. The molecule has 2 heterocycles. The first-order valence-corrected chi connectivity index (χ1v) is 10.8. The Balaban J connectivity index is 1.88. The van der Waals surface area contributed by atoms with E-state index in [0.29, 0.717) is 37.3 Å². The second-order valence-corrected chi connectivity index (χ2v) is 9.32. The zero-order chi connectivity index (χ0) is 18.9. The Bertz CT molecular complexity index is 762. The summed E-state index contributed by atoms with van der Waals surface area (Å²) in [7, 11) is -3.56. The maximum atomic E-state index is 13.0. The third-order valence-corrected chi connectivity index (χ3v) is 7.12. The summed E-state index contributed by atoms with van der Waals surface area (Å²) < 4.78 is 33.3. The maximum absolute atomic E-state index is 13.0. The molecule has 3 rings (SSSR count). The van der Waals surface area contributed by atoms with E-state index in [2.05, 4.69) is 0 Å². The van der Waals surface area contributed by atoms with E-state index in [-0.39, 0.29) is 23.0 Å². The predicted octanol–water partition coefficient (Wildman–Crippen LogP) is 2.42. The molecular formula is C19H28N2O4S. The molecule has 2 atom stereocenters. The number of piperidine rings is 1. The number of carbonyl (C=O) groups excluding carboxylic acids is 1. The number of ether oxygens (including phenoxy) is 1. The van der Waals surface area contributed by atoms with Gasteiger partial charge in [0.1, 0.15) is 0 Å². The molecule has 0 aliphatic carbocycles. The average Bonchev–Trinajstić information content (AvgIpc) is 2.61. The molecule has 144 valence electrons. The second-order valence-electron chi connectivity index (χ2n) is 7.41. The van der Waals surface area contributed by atoms with Crippen molar-refractivity contribution in [2.24, 2.45) is 0 Å². The fraction of sp³-hybridized carbons (Fsp3) is 0.632. The highest BCUT2D eigenvalue weighted by atomic mass is 32.2. The largest absolute Gasteiger partial charge is 0.372 e. The van der Waals surface area contributed by atoms with Crippen molar-refractivity contribution >= 4 is 15.9 Å². The molecule has 1 amide bonds. The van der Waals surface area contributed by atoms with E-state index in [1.165, 1.54) is 0 Å². The van der Waals surface area contributed by atoms with Gasteiger partial charge >= 0.3 is 0 Å². The molecule has 0 spiro atoms. The molecule has 1 aromatic rings. The average molecular weight is 381 g/mol. The van der Waals surface area contributed by atoms with Gasteiger partial charge in [-0.25, -0.2) is 8.42 Å². The van der Waals surface area contributed by atoms with Crippen LogP contribution in [0.2, 0.25) is 0 Å². The molecule has 6 nitrogen and oxygen atoms in total. The lowest BCUT2D eigenvalue weighted by atomic mass is 10.1. The lowest BCUT2D eigenvalue weighted by Crippen LogP contribution is -2.48. The predicted molar refractivity (Wildman–Crippen MR) is 99.7 cm³/mol. The molecule has 2 saturated heterocycles. The van der Waals surface area contributed by atoms with Crippen LogP contribution in [0.4, 0.5) is 0 Å². The highest BCUT2D eigenvalue weighted by molar-refractivity contribution is 7.89. The van der Waals surface area contributed by atoms with Gasteiger partial charge in [0, 0.05) is 31.7 Å². The van der Waals surface area contributed by atoms with Gasteiger partial charge in [-0.05, 0) is 51.3 Å². The third kappa shape index (κ3) is 3.94. The van der Waals surface area contributed by atoms with Gasteiger partial charge in [-0.3, -0.25) is 4.79 Å². The maximum Gasteiger partial charge on any atom is 0.254 e. The molecule has 0 saturated carbocycles. The van der Waals surface area contributed by atoms with Crippen molar-refractivity contribution in [1.29, 1.82) is 0 Å². The number of carbonyl (C=O) groups is 1. The Morgan fingerprint density at radius 3 is 2.31 bits per heavy atom. The van der Waals surface area contributed by atoms with Crippen LogP contribution in [0.5, 0.6) is 0 Å². The quantitative estimate of drug-likeness (QED) is 0.808. The molecule has 0 unspecified atom stereocenters. The first-order chi connectivity index (χ1) is 12.3. The molecule has 0 N–H and O–H groups in total. The van der Waals surface area contributed by atoms with Gasteiger partial charge in [-0.1, -0.05) is 12.5 Å². The van der Waals surface area contributed by atoms with E-state index < -0.39 is 10.0 Å². The SMILES string of the molecule is Cc1ccc(C(=O)N2C[C@H](C)O[C@@H](C)C2)cc1S(=O)(=O)N1CCCCC1. The van der Waals surface area contributed by atoms with Crippen molar-refractivity contribution in [2.75, 3.05) is 26.2 Å². The van der Waals surface area contributed by atoms with Gasteiger partial charge in [0.05, 0.1) is 17.1 Å². The van der Waals surface area contributed by atoms with E-state index >= 15 is 0 Å². The van der Waals surface area contributed by atoms with Crippen LogP contribution in [-0.4, -0.2) is 61.9 Å². The number of aryl methyl sites for hydroxylation is 1. The lowest BCUT2D eigenvalue weighted by molar-refractivity contribution is -0.0586. The van der Waals surface area contributed by atoms with Gasteiger partial charge in [0.2, 0.25) is 10.0 Å². The monoisotopic (exact) mass is 380 g/mol. The van der Waals surface area contributed by atoms with Gasteiger partial charge in [-0.15, -0.1) is 0 Å². The van der Waals surface area contributed by atoms with Crippen molar-refractivity contribution in [3.63, 3.8) is 0 Å². The molecule has 0 aromatic heterocycles. The van der Waals surface area contributed by atoms with Crippen molar-refractivity contribution < 1.29 is 17.9 Å². The molecule has 7 heteroatoms. The van der Waals surface area contributed by atoms with Crippen LogP contribution in [0.25, 0.3) is 0 Å². The van der Waals surface area contributed by atoms with Crippen LogP contribution in [-0.2, 0) is 14.8 Å². The standard InChI is InChI=1S/C19H28N2O4S/c1-14-7-8-17(19(22)20-12-15(2)25-16(3)13-20)11-18(14)26(23,24)21-9-5-4-6-10-21/h7-8,11,15-16H,4-6,9-10,12-13H2,1-3H3/t15-,16-/m0/s1. The minimum atomic E-state index is -3.56. The van der Waals surface area contributed by atoms with E-state index in [1.54, 1.807) is 34.3 Å². The zero-order valence-corrected chi connectivity index (χ0v) is 16.6. The van der Waals surface area contributed by atoms with Crippen LogP contribution in [0.15, 0.2) is 23.1 Å². The fourth-order valence-corrected chi connectivity index (χ4v) is 5.55. The van der Waals surface area contributed by atoms with E-state index in [0.717, 1.165) is 19.3 Å². The Morgan fingerprint density at radius 2 is 1.69 bits per heavy atom. The lowest BCUT2D eigenvalue weighted by Gasteiger charge is -2.35. The summed E-state index contributed by atoms with van der Waals surface area (Å²) in [5, 5.41) is 0. The molecule has 2 fully saturated rings. The summed E-state index contributed by atoms with van der Waals surface area (Å²) in [4.78, 5) is 14.9. The molecule has 0 radical (unpaired) electrons. The summed E-state index contributed by atoms with van der Waals surface area (Å²) in [6, 6.07) is 5.00. The number of amides is 1. The number of rotatable bonds is 3. The second kappa shape index (κ2) is 7.66. The molecule has 1 aromatic carbocycles. The Labute approximate surface area is 156 Å². The number of sulfonamides is 1. The fourth-order valence-electron chi connectivity index (χ4n) is 3.78. The highest BCUT2D eigenvalue weighted by Crippen LogP contribution is 2.25. The minimum Gasteiger partial charge on any atom is -0.372 e. The Kier molecular flexibility index (Phi) is 5.69. The molecule has 0 bridgehead atoms. The van der Waals surface area contributed by atoms with E-state index in [1.807, 2.05) is 13.8 Å². The number of hydrogen-bond acceptors (Lipinski definition) is 4. The van der Waals surface area contributed by atoms with Gasteiger partial charge < -0.3 is 9.64 Å². The van der Waals surface area contributed by atoms with Gasteiger partial charge in [0.15, 0.2) is 0 Å². The summed E-state index contributed by atoms with van der Waals surface area (Å²) >= 11 is 0. The van der Waals surface area contributed by atoms with Crippen molar-refractivity contribution in [2.45, 2.75) is 57.1 Å². The normalized spacial score (nSPS) is 25.3. The molecular weight excluding hydrogens is 352 g/mol. The van der Waals surface area contributed by atoms with Crippen molar-refractivity contribution in [3.8, 4) is 0 Å². The summed E-state index contributed by atoms with van der Waals surface area (Å²) in [5.41, 5.74) is 1.10. The topological polar surface area (TPSA) is 66.9 Å². The minimum absolute atomic E-state index is 0.0234. The number of nitrogens with zero attached hydrogens (tertiary/aromatic N) is 2. The Hall–Kier alpha value is -1.44. The molecule has 26 heavy (non-hydrogen) atoms. The number of morpholine rings is 1. The molecule has 2 aliphatic heterocycles. The van der Waals surface area contributed by atoms with Crippen LogP contribution in [0, 0.1) is 6.92 Å². The van der Waals surface area contributed by atoms with E-state index in [4.69, 9.17) is 4.74 Å². The van der Waals surface area contributed by atoms with Crippen LogP contribution >= 0.6 is 0 Å².